The van der Waals surface area contributed by atoms with Gasteiger partial charge in [0.2, 0.25) is 10.0 Å². The topological polar surface area (TPSA) is 119 Å². The Labute approximate surface area is 231 Å². The molecule has 1 aliphatic heterocycles. The highest BCUT2D eigenvalue weighted by Crippen LogP contribution is 2.30. The Morgan fingerprint density at radius 3 is 2.52 bits per heavy atom. The molecule has 5 aromatic rings. The van der Waals surface area contributed by atoms with E-state index in [-0.39, 0.29) is 5.56 Å². The first-order chi connectivity index (χ1) is 19.4. The van der Waals surface area contributed by atoms with E-state index in [1.165, 1.54) is 0 Å². The van der Waals surface area contributed by atoms with Crippen LogP contribution in [0, 0.1) is 0 Å². The predicted molar refractivity (Wildman–Crippen MR) is 154 cm³/mol. The van der Waals surface area contributed by atoms with Gasteiger partial charge in [0.05, 0.1) is 48.3 Å². The summed E-state index contributed by atoms with van der Waals surface area (Å²) >= 11 is 0. The summed E-state index contributed by atoms with van der Waals surface area (Å²) < 4.78 is 32.5. The molecule has 11 heteroatoms. The molecule has 1 saturated heterocycles. The number of benzene rings is 2. The maximum Gasteiger partial charge on any atom is 0.265 e. The third kappa shape index (κ3) is 5.16. The van der Waals surface area contributed by atoms with Gasteiger partial charge < -0.3 is 9.64 Å². The van der Waals surface area contributed by atoms with E-state index in [0.29, 0.717) is 29.8 Å². The molecular formula is C29H26N6O4S. The zero-order chi connectivity index (χ0) is 27.7. The molecule has 1 amide bonds. The zero-order valence-corrected chi connectivity index (χ0v) is 22.5. The molecule has 40 heavy (non-hydrogen) atoms. The molecule has 10 nitrogen and oxygen atoms in total. The Bertz CT molecular complexity index is 1860. The van der Waals surface area contributed by atoms with E-state index >= 15 is 0 Å². The number of carbonyl (C=O) groups excluding carboxylic acids is 1. The number of imidazole rings is 1. The largest absolute Gasteiger partial charge is 0.378 e. The number of hydrogen-bond donors (Lipinski definition) is 1. The number of fused-ring (bicyclic) bond motifs is 2. The van der Waals surface area contributed by atoms with Crippen molar-refractivity contribution in [2.24, 2.45) is 0 Å². The lowest BCUT2D eigenvalue weighted by Gasteiger charge is -2.28. The summed E-state index contributed by atoms with van der Waals surface area (Å²) in [7, 11) is -3.69. The summed E-state index contributed by atoms with van der Waals surface area (Å²) in [6, 6.07) is 20.6. The summed E-state index contributed by atoms with van der Waals surface area (Å²) in [5.74, 6) is -0.695. The lowest BCUT2D eigenvalue weighted by Crippen LogP contribution is -2.36. The predicted octanol–water partition coefficient (Wildman–Crippen LogP) is 3.64. The number of nitrogens with zero attached hydrogens (tertiary/aromatic N) is 5. The molecule has 6 rings (SSSR count). The lowest BCUT2D eigenvalue weighted by atomic mass is 10.1. The highest BCUT2D eigenvalue weighted by atomic mass is 32.2. The Morgan fingerprint density at radius 2 is 1.75 bits per heavy atom. The number of anilines is 1. The van der Waals surface area contributed by atoms with Crippen molar-refractivity contribution in [3.63, 3.8) is 0 Å². The maximum absolute atomic E-state index is 12.5. The molecule has 0 saturated carbocycles. The molecule has 1 aliphatic rings. The van der Waals surface area contributed by atoms with Gasteiger partial charge in [0, 0.05) is 29.6 Å². The van der Waals surface area contributed by atoms with Crippen molar-refractivity contribution in [1.82, 2.24) is 24.3 Å². The van der Waals surface area contributed by atoms with Gasteiger partial charge in [-0.15, -0.1) is 0 Å². The molecule has 1 fully saturated rings. The minimum Gasteiger partial charge on any atom is -0.378 e. The zero-order valence-electron chi connectivity index (χ0n) is 21.7. The van der Waals surface area contributed by atoms with E-state index in [1.54, 1.807) is 36.5 Å². The van der Waals surface area contributed by atoms with Gasteiger partial charge in [-0.2, -0.15) is 5.10 Å². The van der Waals surface area contributed by atoms with Crippen molar-refractivity contribution in [3.8, 4) is 11.3 Å². The van der Waals surface area contributed by atoms with Gasteiger partial charge in [-0.25, -0.2) is 27.6 Å². The quantitative estimate of drug-likeness (QED) is 0.338. The average Bonchev–Trinajstić information content (AvgIpc) is 3.34. The van der Waals surface area contributed by atoms with Crippen LogP contribution in [0.5, 0.6) is 0 Å². The Hall–Kier alpha value is -4.61. The standard InChI is InChI=1S/C29H26N6O4S/c1-40(37,38)33-29(36)23-8-5-9-24-22(23)12-10-21(31-24)11-13-25-27(20-6-3-2-4-7-20)35-28(32-25)26(14-15-30-35)34-16-18-39-19-17-34/h2-15H,16-19H2,1H3,(H,33,36)/b13-11+. The SMILES string of the molecule is CS(=O)(=O)NC(=O)c1cccc2nc(/C=C/c3nc4c(N5CCOCC5)ccnn4c3-c3ccccc3)ccc12. The van der Waals surface area contributed by atoms with Crippen LogP contribution in [0.4, 0.5) is 5.69 Å². The molecule has 0 bridgehead atoms. The fourth-order valence-corrected chi connectivity index (χ4v) is 5.28. The second kappa shape index (κ2) is 10.5. The normalized spacial score (nSPS) is 14.3. The highest BCUT2D eigenvalue weighted by Gasteiger charge is 2.20. The van der Waals surface area contributed by atoms with Gasteiger partial charge in [-0.1, -0.05) is 36.4 Å². The first kappa shape index (κ1) is 25.7. The lowest BCUT2D eigenvalue weighted by molar-refractivity contribution is 0.0983. The number of sulfonamides is 1. The third-order valence-corrected chi connectivity index (χ3v) is 7.17. The van der Waals surface area contributed by atoms with Crippen LogP contribution in [-0.4, -0.2) is 66.5 Å². The monoisotopic (exact) mass is 554 g/mol. The van der Waals surface area contributed by atoms with E-state index < -0.39 is 15.9 Å². The summed E-state index contributed by atoms with van der Waals surface area (Å²) in [4.78, 5) is 24.5. The van der Waals surface area contributed by atoms with Crippen LogP contribution < -0.4 is 9.62 Å². The minimum absolute atomic E-state index is 0.236. The fourth-order valence-electron chi connectivity index (χ4n) is 4.83. The molecule has 1 N–H and O–H groups in total. The molecule has 0 atom stereocenters. The first-order valence-electron chi connectivity index (χ1n) is 12.7. The van der Waals surface area contributed by atoms with Crippen molar-refractivity contribution in [2.45, 2.75) is 0 Å². The Kier molecular flexibility index (Phi) is 6.74. The number of aromatic nitrogens is 4. The van der Waals surface area contributed by atoms with Gasteiger partial charge in [0.25, 0.3) is 5.91 Å². The van der Waals surface area contributed by atoms with Gasteiger partial charge in [0.1, 0.15) is 5.69 Å². The molecule has 3 aromatic heterocycles. The maximum atomic E-state index is 12.5. The third-order valence-electron chi connectivity index (χ3n) is 6.61. The molecule has 0 aliphatic carbocycles. The summed E-state index contributed by atoms with van der Waals surface area (Å²) in [6.07, 6.45) is 6.52. The van der Waals surface area contributed by atoms with Crippen molar-refractivity contribution in [3.05, 3.63) is 89.9 Å². The summed E-state index contributed by atoms with van der Waals surface area (Å²) in [6.45, 7) is 2.89. The van der Waals surface area contributed by atoms with Gasteiger partial charge >= 0.3 is 0 Å². The number of pyridine rings is 1. The number of amides is 1. The summed E-state index contributed by atoms with van der Waals surface area (Å²) in [5, 5.41) is 5.20. The van der Waals surface area contributed by atoms with E-state index in [1.807, 2.05) is 57.8 Å². The molecule has 202 valence electrons. The number of carbonyl (C=O) groups is 1. The van der Waals surface area contributed by atoms with Gasteiger partial charge in [-0.05, 0) is 42.5 Å². The Balaban J connectivity index is 1.41. The van der Waals surface area contributed by atoms with Crippen LogP contribution in [0.2, 0.25) is 0 Å². The summed E-state index contributed by atoms with van der Waals surface area (Å²) in [5.41, 5.74) is 5.80. The fraction of sp³-hybridized carbons (Fsp3) is 0.172. The van der Waals surface area contributed by atoms with Crippen molar-refractivity contribution in [1.29, 1.82) is 0 Å². The molecule has 0 radical (unpaired) electrons. The smallest absolute Gasteiger partial charge is 0.265 e. The van der Waals surface area contributed by atoms with Crippen molar-refractivity contribution in [2.75, 3.05) is 37.5 Å². The van der Waals surface area contributed by atoms with Crippen LogP contribution in [0.1, 0.15) is 21.7 Å². The molecule has 2 aromatic carbocycles. The first-order valence-corrected chi connectivity index (χ1v) is 14.6. The van der Waals surface area contributed by atoms with E-state index in [2.05, 4.69) is 15.0 Å². The highest BCUT2D eigenvalue weighted by molar-refractivity contribution is 7.89. The van der Waals surface area contributed by atoms with Crippen LogP contribution >= 0.6 is 0 Å². The second-order valence-corrected chi connectivity index (χ2v) is 11.2. The molecule has 0 spiro atoms. The van der Waals surface area contributed by atoms with Crippen LogP contribution in [0.15, 0.2) is 72.9 Å². The Morgan fingerprint density at radius 1 is 0.950 bits per heavy atom. The van der Waals surface area contributed by atoms with Gasteiger partial charge in [-0.3, -0.25) is 4.79 Å². The van der Waals surface area contributed by atoms with E-state index in [0.717, 1.165) is 47.6 Å². The number of rotatable bonds is 6. The number of hydrogen-bond acceptors (Lipinski definition) is 8. The van der Waals surface area contributed by atoms with Crippen molar-refractivity contribution < 1.29 is 17.9 Å². The van der Waals surface area contributed by atoms with Crippen LogP contribution in [0.25, 0.3) is 40.0 Å². The second-order valence-electron chi connectivity index (χ2n) is 9.41. The molecule has 0 unspecified atom stereocenters. The van der Waals surface area contributed by atoms with Gasteiger partial charge in [0.15, 0.2) is 5.65 Å². The number of morpholine rings is 1. The number of nitrogens with one attached hydrogen (secondary N) is 1. The average molecular weight is 555 g/mol. The van der Waals surface area contributed by atoms with E-state index in [9.17, 15) is 13.2 Å². The van der Waals surface area contributed by atoms with Crippen molar-refractivity contribution >= 4 is 50.3 Å². The van der Waals surface area contributed by atoms with Crippen LogP contribution in [-0.2, 0) is 14.8 Å². The van der Waals surface area contributed by atoms with Crippen LogP contribution in [0.3, 0.4) is 0 Å². The number of ether oxygens (including phenoxy) is 1. The molecular weight excluding hydrogens is 528 g/mol. The van der Waals surface area contributed by atoms with E-state index in [4.69, 9.17) is 9.72 Å². The molecule has 4 heterocycles. The minimum atomic E-state index is -3.69.